The molecule has 0 saturated carbocycles. The number of carbonyl (C=O) groups excluding carboxylic acids is 3. The van der Waals surface area contributed by atoms with Gasteiger partial charge < -0.3 is 20.3 Å². The average molecular weight is 400 g/mol. The predicted octanol–water partition coefficient (Wildman–Crippen LogP) is 0.163. The van der Waals surface area contributed by atoms with Gasteiger partial charge in [-0.25, -0.2) is 0 Å². The van der Waals surface area contributed by atoms with Crippen LogP contribution in [0.15, 0.2) is 18.2 Å². The first-order valence-electron chi connectivity index (χ1n) is 10.2. The van der Waals surface area contributed by atoms with Crippen LogP contribution in [0.2, 0.25) is 0 Å². The largest absolute Gasteiger partial charge is 0.379 e. The Morgan fingerprint density at radius 1 is 1.31 bits per heavy atom. The zero-order valence-corrected chi connectivity index (χ0v) is 16.8. The Morgan fingerprint density at radius 2 is 2.17 bits per heavy atom. The van der Waals surface area contributed by atoms with Crippen molar-refractivity contribution < 1.29 is 19.1 Å². The van der Waals surface area contributed by atoms with Crippen LogP contribution in [0.3, 0.4) is 0 Å². The molecule has 1 aromatic rings. The van der Waals surface area contributed by atoms with Gasteiger partial charge in [0.15, 0.2) is 0 Å². The van der Waals surface area contributed by atoms with Crippen LogP contribution in [0.1, 0.15) is 41.3 Å². The molecule has 156 valence electrons. The van der Waals surface area contributed by atoms with E-state index in [2.05, 4.69) is 22.9 Å². The average Bonchev–Trinajstić information content (AvgIpc) is 2.87. The highest BCUT2D eigenvalue weighted by molar-refractivity contribution is 6.05. The summed E-state index contributed by atoms with van der Waals surface area (Å²) in [4.78, 5) is 38.2. The molecule has 3 heterocycles. The third-order valence-electron chi connectivity index (χ3n) is 5.97. The SMILES string of the molecule is CC1(CNCc2cccc3c2CN(C2CCC(=O)NC2=O)C3=O)CNCCOC1. The van der Waals surface area contributed by atoms with E-state index in [1.54, 1.807) is 4.90 Å². The number of fused-ring (bicyclic) bond motifs is 1. The summed E-state index contributed by atoms with van der Waals surface area (Å²) in [6.07, 6.45) is 0.642. The van der Waals surface area contributed by atoms with Crippen molar-refractivity contribution >= 4 is 17.7 Å². The molecule has 3 aliphatic heterocycles. The maximum atomic E-state index is 12.9. The van der Waals surface area contributed by atoms with E-state index < -0.39 is 6.04 Å². The summed E-state index contributed by atoms with van der Waals surface area (Å²) in [5, 5.41) is 9.27. The molecular formula is C21H28N4O4. The second-order valence-electron chi connectivity index (χ2n) is 8.49. The lowest BCUT2D eigenvalue weighted by molar-refractivity contribution is -0.136. The first-order valence-corrected chi connectivity index (χ1v) is 10.2. The molecule has 2 saturated heterocycles. The van der Waals surface area contributed by atoms with E-state index >= 15 is 0 Å². The molecule has 3 N–H and O–H groups in total. The van der Waals surface area contributed by atoms with E-state index in [9.17, 15) is 14.4 Å². The van der Waals surface area contributed by atoms with E-state index in [1.807, 2.05) is 18.2 Å². The van der Waals surface area contributed by atoms with Crippen LogP contribution >= 0.6 is 0 Å². The van der Waals surface area contributed by atoms with Crippen molar-refractivity contribution in [2.45, 2.75) is 38.9 Å². The van der Waals surface area contributed by atoms with Crippen LogP contribution < -0.4 is 16.0 Å². The fourth-order valence-electron chi connectivity index (χ4n) is 4.33. The van der Waals surface area contributed by atoms with Crippen LogP contribution in [0.4, 0.5) is 0 Å². The topological polar surface area (TPSA) is 99.8 Å². The van der Waals surface area contributed by atoms with Crippen molar-refractivity contribution in [2.75, 3.05) is 32.8 Å². The van der Waals surface area contributed by atoms with Gasteiger partial charge in [-0.05, 0) is 23.6 Å². The third kappa shape index (κ3) is 4.19. The lowest BCUT2D eigenvalue weighted by Crippen LogP contribution is -2.52. The Hall–Kier alpha value is -2.29. The minimum atomic E-state index is -0.582. The summed E-state index contributed by atoms with van der Waals surface area (Å²) in [5.74, 6) is -0.786. The molecule has 4 rings (SSSR count). The summed E-state index contributed by atoms with van der Waals surface area (Å²) < 4.78 is 5.68. The monoisotopic (exact) mass is 400 g/mol. The highest BCUT2D eigenvalue weighted by Gasteiger charge is 2.39. The van der Waals surface area contributed by atoms with Crippen molar-refractivity contribution in [3.05, 3.63) is 34.9 Å². The summed E-state index contributed by atoms with van der Waals surface area (Å²) >= 11 is 0. The van der Waals surface area contributed by atoms with Gasteiger partial charge >= 0.3 is 0 Å². The van der Waals surface area contributed by atoms with E-state index in [0.717, 1.165) is 37.4 Å². The van der Waals surface area contributed by atoms with Gasteiger partial charge in [-0.15, -0.1) is 0 Å². The van der Waals surface area contributed by atoms with Gasteiger partial charge in [0.2, 0.25) is 11.8 Å². The number of imide groups is 1. The number of piperidine rings is 1. The summed E-state index contributed by atoms with van der Waals surface area (Å²) in [6.45, 7) is 7.27. The van der Waals surface area contributed by atoms with Gasteiger partial charge in [0.25, 0.3) is 5.91 Å². The number of nitrogens with one attached hydrogen (secondary N) is 3. The van der Waals surface area contributed by atoms with Crippen molar-refractivity contribution in [2.24, 2.45) is 5.41 Å². The Balaban J connectivity index is 1.43. The molecule has 3 aliphatic rings. The smallest absolute Gasteiger partial charge is 0.255 e. The molecule has 8 nitrogen and oxygen atoms in total. The Kier molecular flexibility index (Phi) is 5.67. The Labute approximate surface area is 170 Å². The molecule has 2 fully saturated rings. The van der Waals surface area contributed by atoms with Gasteiger partial charge in [0.1, 0.15) is 6.04 Å². The van der Waals surface area contributed by atoms with Gasteiger partial charge in [-0.1, -0.05) is 19.1 Å². The van der Waals surface area contributed by atoms with Gasteiger partial charge in [-0.3, -0.25) is 19.7 Å². The number of amides is 3. The van der Waals surface area contributed by atoms with E-state index in [-0.39, 0.29) is 29.6 Å². The van der Waals surface area contributed by atoms with Crippen LogP contribution in [-0.4, -0.2) is 61.5 Å². The zero-order valence-electron chi connectivity index (χ0n) is 16.8. The fourth-order valence-corrected chi connectivity index (χ4v) is 4.33. The number of rotatable bonds is 5. The van der Waals surface area contributed by atoms with Gasteiger partial charge in [0, 0.05) is 50.1 Å². The van der Waals surface area contributed by atoms with E-state index in [0.29, 0.717) is 31.7 Å². The van der Waals surface area contributed by atoms with Crippen molar-refractivity contribution in [3.63, 3.8) is 0 Å². The Morgan fingerprint density at radius 3 is 3.00 bits per heavy atom. The summed E-state index contributed by atoms with van der Waals surface area (Å²) in [7, 11) is 0. The minimum absolute atomic E-state index is 0.0169. The second kappa shape index (κ2) is 8.22. The lowest BCUT2D eigenvalue weighted by atomic mass is 9.91. The molecule has 2 atom stereocenters. The molecule has 0 spiro atoms. The number of carbonyl (C=O) groups is 3. The summed E-state index contributed by atoms with van der Waals surface area (Å²) in [6, 6.07) is 5.15. The highest BCUT2D eigenvalue weighted by Crippen LogP contribution is 2.30. The number of nitrogens with zero attached hydrogens (tertiary/aromatic N) is 1. The number of hydrogen-bond acceptors (Lipinski definition) is 6. The number of hydrogen-bond donors (Lipinski definition) is 3. The van der Waals surface area contributed by atoms with Crippen molar-refractivity contribution in [3.8, 4) is 0 Å². The van der Waals surface area contributed by atoms with Crippen molar-refractivity contribution in [1.82, 2.24) is 20.9 Å². The predicted molar refractivity (Wildman–Crippen MR) is 106 cm³/mol. The first kappa shape index (κ1) is 20.0. The standard InChI is InChI=1S/C21H28N4O4/c1-21(11-22-7-8-29-13-21)12-23-9-14-3-2-4-15-16(14)10-25(20(15)28)17-5-6-18(26)24-19(17)27/h2-4,17,22-23H,5-13H2,1H3,(H,24,26,27). The molecule has 2 unspecified atom stereocenters. The molecule has 8 heteroatoms. The van der Waals surface area contributed by atoms with E-state index in [1.165, 1.54) is 0 Å². The van der Waals surface area contributed by atoms with Crippen LogP contribution in [0, 0.1) is 5.41 Å². The van der Waals surface area contributed by atoms with Crippen LogP contribution in [0.5, 0.6) is 0 Å². The molecule has 29 heavy (non-hydrogen) atoms. The molecule has 0 aliphatic carbocycles. The maximum Gasteiger partial charge on any atom is 0.255 e. The minimum Gasteiger partial charge on any atom is -0.379 e. The molecule has 0 bridgehead atoms. The van der Waals surface area contributed by atoms with Gasteiger partial charge in [-0.2, -0.15) is 0 Å². The number of ether oxygens (including phenoxy) is 1. The summed E-state index contributed by atoms with van der Waals surface area (Å²) in [5.41, 5.74) is 2.70. The molecule has 1 aromatic carbocycles. The quantitative estimate of drug-likeness (QED) is 0.609. The molecule has 3 amide bonds. The zero-order chi connectivity index (χ0) is 20.4. The molecular weight excluding hydrogens is 372 g/mol. The van der Waals surface area contributed by atoms with Crippen LogP contribution in [-0.2, 0) is 27.4 Å². The van der Waals surface area contributed by atoms with Crippen molar-refractivity contribution in [1.29, 1.82) is 0 Å². The molecule has 0 aromatic heterocycles. The normalized spacial score (nSPS) is 27.6. The third-order valence-corrected chi connectivity index (χ3v) is 5.97. The highest BCUT2D eigenvalue weighted by atomic mass is 16.5. The number of benzene rings is 1. The second-order valence-corrected chi connectivity index (χ2v) is 8.49. The van der Waals surface area contributed by atoms with Gasteiger partial charge in [0.05, 0.1) is 13.2 Å². The lowest BCUT2D eigenvalue weighted by Gasteiger charge is -2.29. The molecule has 0 radical (unpaired) electrons. The fraction of sp³-hybridized carbons (Fsp3) is 0.571. The van der Waals surface area contributed by atoms with Crippen LogP contribution in [0.25, 0.3) is 0 Å². The first-order chi connectivity index (χ1) is 14.0. The maximum absolute atomic E-state index is 12.9. The Bertz CT molecular complexity index is 817. The van der Waals surface area contributed by atoms with E-state index in [4.69, 9.17) is 4.74 Å².